The SMILES string of the molecule is O=C(O)c1cccc(Cn2c(-c3ccc(Cl)cc3)nn(CC3=NN=C(Cc4ccccc4C(F)(F)F)C3)c2=O)c1. The Hall–Kier alpha value is -4.51. The third kappa shape index (κ3) is 5.89. The third-order valence-corrected chi connectivity index (χ3v) is 6.58. The zero-order valence-electron chi connectivity index (χ0n) is 20.8. The number of aromatic carboxylic acids is 1. The summed E-state index contributed by atoms with van der Waals surface area (Å²) in [5.41, 5.74) is 1.12. The molecular formula is C28H21ClF3N5O3. The number of rotatable bonds is 8. The van der Waals surface area contributed by atoms with Crippen LogP contribution in [0.1, 0.15) is 33.5 Å². The molecule has 3 aromatic carbocycles. The van der Waals surface area contributed by atoms with Gasteiger partial charge in [-0.05, 0) is 53.6 Å². The number of carboxylic acids is 1. The van der Waals surface area contributed by atoms with Gasteiger partial charge in [-0.1, -0.05) is 41.9 Å². The first kappa shape index (κ1) is 27.1. The van der Waals surface area contributed by atoms with Crippen molar-refractivity contribution in [3.8, 4) is 11.4 Å². The Balaban J connectivity index is 1.40. The molecule has 1 aromatic heterocycles. The summed E-state index contributed by atoms with van der Waals surface area (Å²) in [6, 6.07) is 18.3. The van der Waals surface area contributed by atoms with E-state index in [1.165, 1.54) is 33.5 Å². The van der Waals surface area contributed by atoms with Crippen LogP contribution in [-0.4, -0.2) is 36.8 Å². The molecule has 204 valence electrons. The van der Waals surface area contributed by atoms with E-state index in [0.29, 0.717) is 33.4 Å². The highest BCUT2D eigenvalue weighted by molar-refractivity contribution is 6.30. The Bertz CT molecular complexity index is 1710. The van der Waals surface area contributed by atoms with Crippen molar-refractivity contribution >= 4 is 29.0 Å². The van der Waals surface area contributed by atoms with Crippen LogP contribution < -0.4 is 5.69 Å². The van der Waals surface area contributed by atoms with Crippen molar-refractivity contribution in [1.82, 2.24) is 14.3 Å². The van der Waals surface area contributed by atoms with Gasteiger partial charge in [0.25, 0.3) is 0 Å². The molecule has 0 aliphatic carbocycles. The van der Waals surface area contributed by atoms with E-state index in [2.05, 4.69) is 15.3 Å². The van der Waals surface area contributed by atoms with Gasteiger partial charge in [-0.25, -0.2) is 14.3 Å². The van der Waals surface area contributed by atoms with Crippen molar-refractivity contribution in [3.63, 3.8) is 0 Å². The molecule has 2 heterocycles. The molecule has 1 aliphatic rings. The summed E-state index contributed by atoms with van der Waals surface area (Å²) in [4.78, 5) is 24.9. The molecule has 0 atom stereocenters. The fraction of sp³-hybridized carbons (Fsp3) is 0.179. The summed E-state index contributed by atoms with van der Waals surface area (Å²) in [6.45, 7) is 0.0376. The maximum atomic E-state index is 13.5. The van der Waals surface area contributed by atoms with E-state index in [4.69, 9.17) is 11.6 Å². The van der Waals surface area contributed by atoms with Crippen LogP contribution in [0.15, 0.2) is 87.8 Å². The molecule has 40 heavy (non-hydrogen) atoms. The highest BCUT2D eigenvalue weighted by atomic mass is 35.5. The normalized spacial score (nSPS) is 13.3. The summed E-state index contributed by atoms with van der Waals surface area (Å²) in [6.07, 6.45) is -4.31. The molecular weight excluding hydrogens is 547 g/mol. The standard InChI is InChI=1S/C28H21ClF3N5O3/c29-21-10-8-18(9-11-21)25-35-37(27(40)36(25)15-17-4-3-6-20(12-17)26(38)39)16-23-14-22(33-34-23)13-19-5-1-2-7-24(19)28(30,31)32/h1-12H,13-16H2,(H,38,39). The van der Waals surface area contributed by atoms with E-state index in [9.17, 15) is 27.9 Å². The zero-order chi connectivity index (χ0) is 28.4. The molecule has 0 bridgehead atoms. The molecule has 8 nitrogen and oxygen atoms in total. The number of carbonyl (C=O) groups is 1. The van der Waals surface area contributed by atoms with E-state index >= 15 is 0 Å². The number of benzene rings is 3. The quantitative estimate of drug-likeness (QED) is 0.300. The lowest BCUT2D eigenvalue weighted by molar-refractivity contribution is -0.138. The van der Waals surface area contributed by atoms with Crippen molar-refractivity contribution < 1.29 is 23.1 Å². The Morgan fingerprint density at radius 2 is 1.68 bits per heavy atom. The average molecular weight is 568 g/mol. The van der Waals surface area contributed by atoms with Crippen LogP contribution in [0.25, 0.3) is 11.4 Å². The van der Waals surface area contributed by atoms with Gasteiger partial charge in [0.1, 0.15) is 0 Å². The molecule has 0 unspecified atom stereocenters. The Morgan fingerprint density at radius 3 is 2.40 bits per heavy atom. The van der Waals surface area contributed by atoms with Crippen molar-refractivity contribution in [1.29, 1.82) is 0 Å². The molecule has 1 aliphatic heterocycles. The third-order valence-electron chi connectivity index (χ3n) is 6.33. The molecule has 0 radical (unpaired) electrons. The lowest BCUT2D eigenvalue weighted by Gasteiger charge is -2.12. The first-order chi connectivity index (χ1) is 19.1. The summed E-state index contributed by atoms with van der Waals surface area (Å²) in [7, 11) is 0. The van der Waals surface area contributed by atoms with Gasteiger partial charge in [0.05, 0.1) is 35.6 Å². The van der Waals surface area contributed by atoms with Gasteiger partial charge in [-0.3, -0.25) is 4.57 Å². The second-order valence-corrected chi connectivity index (χ2v) is 9.64. The van der Waals surface area contributed by atoms with Gasteiger partial charge in [-0.15, -0.1) is 5.10 Å². The molecule has 5 rings (SSSR count). The highest BCUT2D eigenvalue weighted by Gasteiger charge is 2.33. The molecule has 0 amide bonds. The maximum absolute atomic E-state index is 13.5. The summed E-state index contributed by atoms with van der Waals surface area (Å²) < 4.78 is 42.8. The number of hydrogen-bond donors (Lipinski definition) is 1. The van der Waals surface area contributed by atoms with Crippen LogP contribution in [-0.2, 0) is 25.7 Å². The molecule has 0 fully saturated rings. The largest absolute Gasteiger partial charge is 0.478 e. The summed E-state index contributed by atoms with van der Waals surface area (Å²) >= 11 is 6.03. The maximum Gasteiger partial charge on any atom is 0.416 e. The smallest absolute Gasteiger partial charge is 0.416 e. The van der Waals surface area contributed by atoms with Crippen molar-refractivity contribution in [2.75, 3.05) is 0 Å². The number of hydrogen-bond acceptors (Lipinski definition) is 5. The zero-order valence-corrected chi connectivity index (χ0v) is 21.5. The molecule has 12 heteroatoms. The van der Waals surface area contributed by atoms with E-state index in [-0.39, 0.29) is 37.1 Å². The Labute approximate surface area is 230 Å². The predicted octanol–water partition coefficient (Wildman–Crippen LogP) is 5.57. The van der Waals surface area contributed by atoms with E-state index in [0.717, 1.165) is 6.07 Å². The fourth-order valence-corrected chi connectivity index (χ4v) is 4.59. The minimum atomic E-state index is -4.48. The molecule has 0 saturated heterocycles. The van der Waals surface area contributed by atoms with Crippen LogP contribution in [0, 0.1) is 0 Å². The Morgan fingerprint density at radius 1 is 0.950 bits per heavy atom. The van der Waals surface area contributed by atoms with E-state index in [1.807, 2.05) is 0 Å². The number of carboxylic acid groups (broad SMARTS) is 1. The molecule has 4 aromatic rings. The average Bonchev–Trinajstić information content (AvgIpc) is 3.48. The minimum absolute atomic E-state index is 0.0183. The van der Waals surface area contributed by atoms with Gasteiger partial charge >= 0.3 is 17.8 Å². The molecule has 0 spiro atoms. The van der Waals surface area contributed by atoms with E-state index in [1.54, 1.807) is 42.5 Å². The van der Waals surface area contributed by atoms with Crippen LogP contribution in [0.5, 0.6) is 0 Å². The van der Waals surface area contributed by atoms with Gasteiger partial charge in [0, 0.05) is 23.4 Å². The number of aromatic nitrogens is 3. The van der Waals surface area contributed by atoms with Crippen molar-refractivity contribution in [2.24, 2.45) is 10.2 Å². The minimum Gasteiger partial charge on any atom is -0.478 e. The van der Waals surface area contributed by atoms with Crippen LogP contribution in [0.3, 0.4) is 0 Å². The number of halogens is 4. The number of nitrogens with zero attached hydrogens (tertiary/aromatic N) is 5. The van der Waals surface area contributed by atoms with Crippen molar-refractivity contribution in [3.05, 3.63) is 111 Å². The number of alkyl halides is 3. The molecule has 0 saturated carbocycles. The first-order valence-electron chi connectivity index (χ1n) is 12.1. The van der Waals surface area contributed by atoms with Crippen LogP contribution >= 0.6 is 11.6 Å². The van der Waals surface area contributed by atoms with Gasteiger partial charge in [-0.2, -0.15) is 23.4 Å². The summed E-state index contributed by atoms with van der Waals surface area (Å²) in [5, 5.41) is 22.5. The Kier molecular flexibility index (Phi) is 7.40. The summed E-state index contributed by atoms with van der Waals surface area (Å²) in [5.74, 6) is -0.753. The molecule has 1 N–H and O–H groups in total. The van der Waals surface area contributed by atoms with Crippen LogP contribution in [0.4, 0.5) is 13.2 Å². The monoisotopic (exact) mass is 567 g/mol. The topological polar surface area (TPSA) is 102 Å². The van der Waals surface area contributed by atoms with Gasteiger partial charge in [0.2, 0.25) is 0 Å². The van der Waals surface area contributed by atoms with Crippen LogP contribution in [0.2, 0.25) is 5.02 Å². The van der Waals surface area contributed by atoms with Crippen molar-refractivity contribution in [2.45, 2.75) is 32.1 Å². The second kappa shape index (κ2) is 10.9. The fourth-order valence-electron chi connectivity index (χ4n) is 4.46. The lowest BCUT2D eigenvalue weighted by atomic mass is 9.99. The van der Waals surface area contributed by atoms with Gasteiger partial charge < -0.3 is 5.11 Å². The van der Waals surface area contributed by atoms with E-state index < -0.39 is 23.4 Å². The first-order valence-corrected chi connectivity index (χ1v) is 12.5. The lowest BCUT2D eigenvalue weighted by Crippen LogP contribution is -2.28. The predicted molar refractivity (Wildman–Crippen MR) is 144 cm³/mol. The second-order valence-electron chi connectivity index (χ2n) is 9.20. The highest BCUT2D eigenvalue weighted by Crippen LogP contribution is 2.32. The van der Waals surface area contributed by atoms with Gasteiger partial charge in [0.15, 0.2) is 5.82 Å².